The van der Waals surface area contributed by atoms with Crippen LogP contribution in [0.25, 0.3) is 43.9 Å². The molecule has 0 amide bonds. The number of morpholine rings is 1. The number of carbonyl (C=O) groups is 1. The Balaban J connectivity index is 1.10. The SMILES string of the molecule is COc1cccc(-c2ncc3snc(OC(Cc4ccccc4OCc4ccnc(-c5ccccc5OC)n4)C(=O)O)c3c2-c2ccc(OCCN3CCOCC3)c(Cl)c2C)c1. The molecule has 1 aliphatic heterocycles. The Labute approximate surface area is 367 Å². The number of rotatable bonds is 17. The van der Waals surface area contributed by atoms with Gasteiger partial charge in [0.25, 0.3) is 0 Å². The van der Waals surface area contributed by atoms with E-state index >= 15 is 0 Å². The van der Waals surface area contributed by atoms with E-state index in [0.717, 1.165) is 41.9 Å². The lowest BCUT2D eigenvalue weighted by molar-refractivity contribution is -0.145. The average Bonchev–Trinajstić information content (AvgIpc) is 3.72. The van der Waals surface area contributed by atoms with Crippen molar-refractivity contribution < 1.29 is 38.3 Å². The maximum absolute atomic E-state index is 13.0. The molecule has 3 aromatic heterocycles. The molecule has 15 heteroatoms. The number of aromatic nitrogens is 4. The van der Waals surface area contributed by atoms with Crippen molar-refractivity contribution in [1.82, 2.24) is 24.2 Å². The van der Waals surface area contributed by atoms with Crippen molar-refractivity contribution in [3.8, 4) is 62.7 Å². The summed E-state index contributed by atoms with van der Waals surface area (Å²) in [5, 5.41) is 11.7. The summed E-state index contributed by atoms with van der Waals surface area (Å²) in [5.41, 5.74) is 5.61. The topological polar surface area (TPSA) is 147 Å². The Morgan fingerprint density at radius 3 is 2.52 bits per heavy atom. The molecule has 0 saturated carbocycles. The summed E-state index contributed by atoms with van der Waals surface area (Å²) in [6.45, 7) is 6.39. The first kappa shape index (κ1) is 42.4. The highest BCUT2D eigenvalue weighted by molar-refractivity contribution is 7.13. The van der Waals surface area contributed by atoms with Gasteiger partial charge in [0.15, 0.2) is 5.82 Å². The number of pyridine rings is 1. The molecule has 0 bridgehead atoms. The van der Waals surface area contributed by atoms with Crippen molar-refractivity contribution in [2.45, 2.75) is 26.1 Å². The molecule has 4 heterocycles. The molecule has 7 aromatic rings. The monoisotopic (exact) mass is 873 g/mol. The maximum Gasteiger partial charge on any atom is 0.345 e. The van der Waals surface area contributed by atoms with E-state index in [2.05, 4.69) is 14.3 Å². The standard InChI is InChI=1S/C47H44ClN5O8S/c1-29-34(15-16-38(43(29)48)59-24-21-53-19-22-58-23-20-53)41-42-40(27-50-44(41)31-10-8-11-33(25-31)56-2)62-52-46(42)61-39(47(54)55)26-30-9-4-6-13-36(30)60-28-32-17-18-49-45(51-32)35-12-5-7-14-37(35)57-3/h4-18,25,27,39H,19-24,26,28H2,1-3H3,(H,54,55). The molecule has 1 atom stereocenters. The van der Waals surface area contributed by atoms with Crippen LogP contribution in [0, 0.1) is 6.92 Å². The minimum atomic E-state index is -1.34. The van der Waals surface area contributed by atoms with Crippen molar-refractivity contribution in [2.75, 3.05) is 53.7 Å². The highest BCUT2D eigenvalue weighted by Crippen LogP contribution is 2.46. The number of nitrogens with zero attached hydrogens (tertiary/aromatic N) is 5. The molecule has 13 nitrogen and oxygen atoms in total. The zero-order chi connectivity index (χ0) is 43.0. The van der Waals surface area contributed by atoms with Crippen LogP contribution in [0.3, 0.4) is 0 Å². The number of hydrogen-bond acceptors (Lipinski definition) is 13. The second-order valence-corrected chi connectivity index (χ2v) is 15.6. The number of para-hydroxylation sites is 2. The average molecular weight is 874 g/mol. The van der Waals surface area contributed by atoms with Crippen molar-refractivity contribution in [1.29, 1.82) is 0 Å². The number of carboxylic acid groups (broad SMARTS) is 1. The van der Waals surface area contributed by atoms with E-state index in [-0.39, 0.29) is 18.9 Å². The third-order valence-electron chi connectivity index (χ3n) is 10.6. The molecule has 1 N–H and O–H groups in total. The van der Waals surface area contributed by atoms with Gasteiger partial charge in [-0.25, -0.2) is 14.8 Å². The molecule has 1 unspecified atom stereocenters. The lowest BCUT2D eigenvalue weighted by Gasteiger charge is -2.26. The van der Waals surface area contributed by atoms with E-state index in [0.29, 0.717) is 86.3 Å². The van der Waals surface area contributed by atoms with Gasteiger partial charge < -0.3 is 33.5 Å². The Kier molecular flexibility index (Phi) is 13.4. The van der Waals surface area contributed by atoms with E-state index in [1.807, 2.05) is 85.8 Å². The smallest absolute Gasteiger partial charge is 0.345 e. The number of hydrogen-bond donors (Lipinski definition) is 1. The van der Waals surface area contributed by atoms with Crippen molar-refractivity contribution >= 4 is 39.2 Å². The second-order valence-electron chi connectivity index (χ2n) is 14.4. The Morgan fingerprint density at radius 1 is 0.903 bits per heavy atom. The molecule has 318 valence electrons. The predicted molar refractivity (Wildman–Crippen MR) is 238 cm³/mol. The Morgan fingerprint density at radius 2 is 1.71 bits per heavy atom. The molecule has 0 aliphatic carbocycles. The van der Waals surface area contributed by atoms with Crippen molar-refractivity contribution in [3.63, 3.8) is 0 Å². The van der Waals surface area contributed by atoms with Gasteiger partial charge in [0.2, 0.25) is 12.0 Å². The molecule has 62 heavy (non-hydrogen) atoms. The number of aliphatic carboxylic acids is 1. The van der Waals surface area contributed by atoms with Crippen LogP contribution in [0.5, 0.6) is 28.9 Å². The van der Waals surface area contributed by atoms with E-state index in [1.54, 1.807) is 38.7 Å². The quantitative estimate of drug-likeness (QED) is 0.0930. The minimum Gasteiger partial charge on any atom is -0.497 e. The molecule has 0 spiro atoms. The molecule has 1 fully saturated rings. The van der Waals surface area contributed by atoms with Crippen LogP contribution in [0.2, 0.25) is 5.02 Å². The number of halogens is 1. The van der Waals surface area contributed by atoms with Crippen LogP contribution < -0.4 is 23.7 Å². The summed E-state index contributed by atoms with van der Waals surface area (Å²) >= 11 is 8.25. The number of methoxy groups -OCH3 is 2. The van der Waals surface area contributed by atoms with Gasteiger partial charge in [0, 0.05) is 49.6 Å². The lowest BCUT2D eigenvalue weighted by Crippen LogP contribution is -2.38. The van der Waals surface area contributed by atoms with Gasteiger partial charge in [-0.3, -0.25) is 9.88 Å². The van der Waals surface area contributed by atoms with Gasteiger partial charge in [-0.05, 0) is 77.6 Å². The molecule has 0 radical (unpaired) electrons. The normalized spacial score (nSPS) is 13.4. The third kappa shape index (κ3) is 9.43. The first-order valence-corrected chi connectivity index (χ1v) is 21.2. The zero-order valence-electron chi connectivity index (χ0n) is 34.4. The summed E-state index contributed by atoms with van der Waals surface area (Å²) in [6.07, 6.45) is 2.03. The molecule has 1 aliphatic rings. The first-order valence-electron chi connectivity index (χ1n) is 20.0. The predicted octanol–water partition coefficient (Wildman–Crippen LogP) is 8.83. The second kappa shape index (κ2) is 19.6. The van der Waals surface area contributed by atoms with Crippen LogP contribution in [0.15, 0.2) is 103 Å². The summed E-state index contributed by atoms with van der Waals surface area (Å²) in [5.74, 6) is 1.84. The Bertz CT molecular complexity index is 2690. The number of ether oxygens (including phenoxy) is 6. The van der Waals surface area contributed by atoms with E-state index in [4.69, 9.17) is 50.0 Å². The third-order valence-corrected chi connectivity index (χ3v) is 11.8. The van der Waals surface area contributed by atoms with Gasteiger partial charge in [0.1, 0.15) is 36.2 Å². The van der Waals surface area contributed by atoms with Crippen molar-refractivity contribution in [3.05, 3.63) is 125 Å². The zero-order valence-corrected chi connectivity index (χ0v) is 35.9. The minimum absolute atomic E-state index is 0.0226. The molecule has 4 aromatic carbocycles. The fraction of sp³-hybridized carbons (Fsp3) is 0.255. The van der Waals surface area contributed by atoms with Crippen LogP contribution >= 0.6 is 23.1 Å². The highest BCUT2D eigenvalue weighted by Gasteiger charge is 2.28. The lowest BCUT2D eigenvalue weighted by atomic mass is 9.93. The summed E-state index contributed by atoms with van der Waals surface area (Å²) in [7, 11) is 3.21. The molecule has 8 rings (SSSR count). The molecular weight excluding hydrogens is 830 g/mol. The molecule has 1 saturated heterocycles. The molecular formula is C47H44ClN5O8S. The van der Waals surface area contributed by atoms with E-state index < -0.39 is 12.1 Å². The van der Waals surface area contributed by atoms with Gasteiger partial charge >= 0.3 is 5.97 Å². The maximum atomic E-state index is 13.0. The largest absolute Gasteiger partial charge is 0.497 e. The summed E-state index contributed by atoms with van der Waals surface area (Å²) in [4.78, 5) is 29.4. The first-order chi connectivity index (χ1) is 30.3. The summed E-state index contributed by atoms with van der Waals surface area (Å²) < 4.78 is 40.9. The van der Waals surface area contributed by atoms with Gasteiger partial charge in [0.05, 0.1) is 59.5 Å². The van der Waals surface area contributed by atoms with E-state index in [9.17, 15) is 9.90 Å². The van der Waals surface area contributed by atoms with Gasteiger partial charge in [-0.15, -0.1) is 0 Å². The van der Waals surface area contributed by atoms with E-state index in [1.165, 1.54) is 11.5 Å². The van der Waals surface area contributed by atoms with Crippen LogP contribution in [0.1, 0.15) is 16.8 Å². The number of benzene rings is 4. The fourth-order valence-electron chi connectivity index (χ4n) is 7.31. The van der Waals surface area contributed by atoms with Crippen LogP contribution in [0.4, 0.5) is 0 Å². The number of fused-ring (bicyclic) bond motifs is 1. The highest BCUT2D eigenvalue weighted by atomic mass is 35.5. The Hall–Kier alpha value is -6.32. The van der Waals surface area contributed by atoms with Crippen LogP contribution in [-0.4, -0.2) is 95.1 Å². The van der Waals surface area contributed by atoms with Gasteiger partial charge in [-0.2, -0.15) is 4.37 Å². The number of carboxylic acids is 1. The summed E-state index contributed by atoms with van der Waals surface area (Å²) in [6, 6.07) is 28.0. The van der Waals surface area contributed by atoms with Crippen LogP contribution in [-0.2, 0) is 22.6 Å². The van der Waals surface area contributed by atoms with Crippen molar-refractivity contribution in [2.24, 2.45) is 0 Å². The fourth-order valence-corrected chi connectivity index (χ4v) is 8.23. The van der Waals surface area contributed by atoms with Gasteiger partial charge in [-0.1, -0.05) is 60.1 Å².